The van der Waals surface area contributed by atoms with Crippen molar-refractivity contribution in [1.29, 1.82) is 0 Å². The summed E-state index contributed by atoms with van der Waals surface area (Å²) in [6.07, 6.45) is 2.56. The van der Waals surface area contributed by atoms with Crippen LogP contribution >= 0.6 is 0 Å². The van der Waals surface area contributed by atoms with Crippen LogP contribution in [0.25, 0.3) is 0 Å². The molecule has 84 valence electrons. The Balaban J connectivity index is 4.15. The van der Waals surface area contributed by atoms with Gasteiger partial charge in [-0.1, -0.05) is 13.8 Å². The zero-order valence-corrected chi connectivity index (χ0v) is 9.88. The minimum absolute atomic E-state index is 0.249. The third-order valence-corrected chi connectivity index (χ3v) is 2.44. The lowest BCUT2D eigenvalue weighted by Gasteiger charge is -2.28. The minimum Gasteiger partial charge on any atom is -0.383 e. The third kappa shape index (κ3) is 4.61. The van der Waals surface area contributed by atoms with Crippen LogP contribution in [-0.4, -0.2) is 37.1 Å². The Labute approximate surface area is 87.4 Å². The quantitative estimate of drug-likeness (QED) is 0.631. The number of rotatable bonds is 7. The van der Waals surface area contributed by atoms with Gasteiger partial charge in [-0.3, -0.25) is 4.79 Å². The number of hydrogen-bond donors (Lipinski definition) is 0. The second-order valence-electron chi connectivity index (χ2n) is 3.59. The van der Waals surface area contributed by atoms with Gasteiger partial charge in [0, 0.05) is 26.1 Å². The molecule has 0 N–H and O–H groups in total. The van der Waals surface area contributed by atoms with Gasteiger partial charge in [-0.15, -0.1) is 0 Å². The van der Waals surface area contributed by atoms with E-state index < -0.39 is 0 Å². The van der Waals surface area contributed by atoms with Crippen molar-refractivity contribution in [1.82, 2.24) is 4.90 Å². The maximum Gasteiger partial charge on any atom is 0.222 e. The fraction of sp³-hybridized carbons (Fsp3) is 0.909. The predicted octanol–water partition coefficient (Wildman–Crippen LogP) is 2.06. The van der Waals surface area contributed by atoms with Crippen LogP contribution in [0.4, 0.5) is 0 Å². The summed E-state index contributed by atoms with van der Waals surface area (Å²) in [5.41, 5.74) is 0. The number of nitrogens with zero attached hydrogens (tertiary/aromatic N) is 1. The molecule has 0 aliphatic heterocycles. The zero-order valence-electron chi connectivity index (χ0n) is 9.88. The lowest BCUT2D eigenvalue weighted by molar-refractivity contribution is -0.134. The molecular formula is C11H23NO2. The van der Waals surface area contributed by atoms with E-state index in [1.165, 1.54) is 0 Å². The molecule has 0 bridgehead atoms. The van der Waals surface area contributed by atoms with Crippen LogP contribution in [0.3, 0.4) is 0 Å². The van der Waals surface area contributed by atoms with Gasteiger partial charge in [0.1, 0.15) is 0 Å². The Morgan fingerprint density at radius 1 is 1.43 bits per heavy atom. The Morgan fingerprint density at radius 3 is 2.50 bits per heavy atom. The summed E-state index contributed by atoms with van der Waals surface area (Å²) in [4.78, 5) is 13.6. The molecule has 0 saturated carbocycles. The van der Waals surface area contributed by atoms with E-state index in [-0.39, 0.29) is 5.91 Å². The van der Waals surface area contributed by atoms with Crippen LogP contribution in [0.15, 0.2) is 0 Å². The lowest BCUT2D eigenvalue weighted by atomic mass is 10.2. The van der Waals surface area contributed by atoms with Gasteiger partial charge in [-0.05, 0) is 19.8 Å². The summed E-state index contributed by atoms with van der Waals surface area (Å²) in [6.45, 7) is 7.56. The van der Waals surface area contributed by atoms with Crippen LogP contribution in [-0.2, 0) is 9.53 Å². The smallest absolute Gasteiger partial charge is 0.222 e. The Hall–Kier alpha value is -0.570. The molecule has 0 fully saturated rings. The van der Waals surface area contributed by atoms with Gasteiger partial charge in [-0.25, -0.2) is 0 Å². The number of hydrogen-bond acceptors (Lipinski definition) is 2. The van der Waals surface area contributed by atoms with Gasteiger partial charge in [0.15, 0.2) is 0 Å². The first kappa shape index (κ1) is 13.4. The SMILES string of the molecule is CCCC(=O)N(CCOC)C(C)CC. The summed E-state index contributed by atoms with van der Waals surface area (Å²) in [6, 6.07) is 0.323. The molecule has 0 aliphatic rings. The van der Waals surface area contributed by atoms with E-state index in [9.17, 15) is 4.79 Å². The van der Waals surface area contributed by atoms with Crippen molar-refractivity contribution < 1.29 is 9.53 Å². The normalized spacial score (nSPS) is 12.6. The van der Waals surface area contributed by atoms with E-state index in [0.717, 1.165) is 12.8 Å². The van der Waals surface area contributed by atoms with Gasteiger partial charge < -0.3 is 9.64 Å². The summed E-state index contributed by atoms with van der Waals surface area (Å²) in [5, 5.41) is 0. The molecule has 0 spiro atoms. The van der Waals surface area contributed by atoms with E-state index in [4.69, 9.17) is 4.74 Å². The van der Waals surface area contributed by atoms with Crippen molar-refractivity contribution in [2.24, 2.45) is 0 Å². The molecule has 0 heterocycles. The molecule has 1 unspecified atom stereocenters. The first-order chi connectivity index (χ1) is 6.67. The van der Waals surface area contributed by atoms with Crippen LogP contribution in [0.5, 0.6) is 0 Å². The van der Waals surface area contributed by atoms with E-state index >= 15 is 0 Å². The number of carbonyl (C=O) groups is 1. The van der Waals surface area contributed by atoms with Crippen LogP contribution < -0.4 is 0 Å². The minimum atomic E-state index is 0.249. The molecular weight excluding hydrogens is 178 g/mol. The number of amides is 1. The van der Waals surface area contributed by atoms with Gasteiger partial charge >= 0.3 is 0 Å². The largest absolute Gasteiger partial charge is 0.383 e. The molecule has 0 radical (unpaired) electrons. The first-order valence-electron chi connectivity index (χ1n) is 5.45. The number of carbonyl (C=O) groups excluding carboxylic acids is 1. The standard InChI is InChI=1S/C11H23NO2/c1-5-7-11(13)12(8-9-14-4)10(3)6-2/h10H,5-9H2,1-4H3. The lowest BCUT2D eigenvalue weighted by Crippen LogP contribution is -2.40. The third-order valence-electron chi connectivity index (χ3n) is 2.44. The van der Waals surface area contributed by atoms with Gasteiger partial charge in [0.05, 0.1) is 6.61 Å². The summed E-state index contributed by atoms with van der Waals surface area (Å²) < 4.78 is 5.00. The molecule has 14 heavy (non-hydrogen) atoms. The fourth-order valence-corrected chi connectivity index (χ4v) is 1.36. The Morgan fingerprint density at radius 2 is 2.07 bits per heavy atom. The molecule has 1 atom stereocenters. The van der Waals surface area contributed by atoms with Crippen molar-refractivity contribution >= 4 is 5.91 Å². The topological polar surface area (TPSA) is 29.5 Å². The molecule has 0 saturated heterocycles. The summed E-state index contributed by atoms with van der Waals surface area (Å²) in [5.74, 6) is 0.249. The van der Waals surface area contributed by atoms with Crippen LogP contribution in [0.1, 0.15) is 40.0 Å². The maximum absolute atomic E-state index is 11.7. The highest BCUT2D eigenvalue weighted by molar-refractivity contribution is 5.76. The van der Waals surface area contributed by atoms with Gasteiger partial charge in [-0.2, -0.15) is 0 Å². The van der Waals surface area contributed by atoms with Crippen molar-refractivity contribution in [3.63, 3.8) is 0 Å². The average Bonchev–Trinajstić information content (AvgIpc) is 2.18. The summed E-state index contributed by atoms with van der Waals surface area (Å²) >= 11 is 0. The first-order valence-corrected chi connectivity index (χ1v) is 5.45. The van der Waals surface area contributed by atoms with Gasteiger partial charge in [0.25, 0.3) is 0 Å². The van der Waals surface area contributed by atoms with Crippen molar-refractivity contribution in [2.45, 2.75) is 46.1 Å². The van der Waals surface area contributed by atoms with E-state index in [2.05, 4.69) is 13.8 Å². The van der Waals surface area contributed by atoms with Crippen LogP contribution in [0, 0.1) is 0 Å². The molecule has 0 rings (SSSR count). The molecule has 0 aliphatic carbocycles. The fourth-order valence-electron chi connectivity index (χ4n) is 1.36. The zero-order chi connectivity index (χ0) is 11.0. The average molecular weight is 201 g/mol. The molecule has 0 aromatic rings. The van der Waals surface area contributed by atoms with E-state index in [1.54, 1.807) is 7.11 Å². The Bertz CT molecular complexity index is 159. The van der Waals surface area contributed by atoms with Crippen molar-refractivity contribution in [3.05, 3.63) is 0 Å². The highest BCUT2D eigenvalue weighted by Gasteiger charge is 2.16. The summed E-state index contributed by atoms with van der Waals surface area (Å²) in [7, 11) is 1.67. The molecule has 0 aromatic carbocycles. The highest BCUT2D eigenvalue weighted by atomic mass is 16.5. The van der Waals surface area contributed by atoms with E-state index in [0.29, 0.717) is 25.6 Å². The molecule has 1 amide bonds. The van der Waals surface area contributed by atoms with E-state index in [1.807, 2.05) is 11.8 Å². The molecule has 3 heteroatoms. The second-order valence-corrected chi connectivity index (χ2v) is 3.59. The van der Waals surface area contributed by atoms with Crippen molar-refractivity contribution in [2.75, 3.05) is 20.3 Å². The number of ether oxygens (including phenoxy) is 1. The van der Waals surface area contributed by atoms with Crippen molar-refractivity contribution in [3.8, 4) is 0 Å². The monoisotopic (exact) mass is 201 g/mol. The number of methoxy groups -OCH3 is 1. The van der Waals surface area contributed by atoms with Crippen LogP contribution in [0.2, 0.25) is 0 Å². The van der Waals surface area contributed by atoms with Gasteiger partial charge in [0.2, 0.25) is 5.91 Å². The molecule has 3 nitrogen and oxygen atoms in total. The molecule has 0 aromatic heterocycles. The highest BCUT2D eigenvalue weighted by Crippen LogP contribution is 2.06. The predicted molar refractivity (Wildman–Crippen MR) is 58.3 cm³/mol. The second kappa shape index (κ2) is 7.80. The Kier molecular flexibility index (Phi) is 7.48. The maximum atomic E-state index is 11.7.